The maximum Gasteiger partial charge on any atom is 0.233 e. The van der Waals surface area contributed by atoms with Crippen molar-refractivity contribution in [3.63, 3.8) is 0 Å². The minimum atomic E-state index is -0.284. The predicted octanol–water partition coefficient (Wildman–Crippen LogP) is 3.89. The molecule has 4 nitrogen and oxygen atoms in total. The molecule has 0 aliphatic heterocycles. The van der Waals surface area contributed by atoms with E-state index in [2.05, 4.69) is 36.6 Å². The Labute approximate surface area is 149 Å². The molecule has 0 spiro atoms. The molecule has 0 radical (unpaired) electrons. The lowest BCUT2D eigenvalue weighted by Crippen LogP contribution is -2.29. The molecule has 2 aromatic rings. The molecular weight excluding hydrogens is 312 g/mol. The maximum absolute atomic E-state index is 12.1. The Bertz CT molecular complexity index is 696. The summed E-state index contributed by atoms with van der Waals surface area (Å²) in [5, 5.41) is 5.65. The molecule has 0 aromatic heterocycles. The normalized spacial score (nSPS) is 10.5. The van der Waals surface area contributed by atoms with E-state index in [1.807, 2.05) is 42.5 Å². The standard InChI is InChI=1S/C21H26N2O2/c1-16(2)18-12-6-7-13-19(18)23-21(25)15-20(24)22-14-8-11-17-9-4-3-5-10-17/h3-7,9-10,12-13,16H,8,11,14-15H2,1-2H3,(H,22,24)(H,23,25). The summed E-state index contributed by atoms with van der Waals surface area (Å²) in [6, 6.07) is 17.8. The van der Waals surface area contributed by atoms with Crippen molar-refractivity contribution in [1.82, 2.24) is 5.32 Å². The van der Waals surface area contributed by atoms with Crippen LogP contribution in [0.15, 0.2) is 54.6 Å². The molecule has 0 bridgehead atoms. The highest BCUT2D eigenvalue weighted by Gasteiger charge is 2.12. The third kappa shape index (κ3) is 6.42. The molecule has 2 rings (SSSR count). The van der Waals surface area contributed by atoms with E-state index >= 15 is 0 Å². The molecule has 2 amide bonds. The Morgan fingerprint density at radius 2 is 1.60 bits per heavy atom. The van der Waals surface area contributed by atoms with Crippen molar-refractivity contribution in [1.29, 1.82) is 0 Å². The van der Waals surface area contributed by atoms with Gasteiger partial charge in [0.15, 0.2) is 0 Å². The third-order valence-electron chi connectivity index (χ3n) is 3.99. The van der Waals surface area contributed by atoms with E-state index < -0.39 is 0 Å². The van der Waals surface area contributed by atoms with E-state index in [9.17, 15) is 9.59 Å². The highest BCUT2D eigenvalue weighted by Crippen LogP contribution is 2.23. The van der Waals surface area contributed by atoms with Crippen LogP contribution in [0.5, 0.6) is 0 Å². The van der Waals surface area contributed by atoms with Crippen molar-refractivity contribution < 1.29 is 9.59 Å². The van der Waals surface area contributed by atoms with Gasteiger partial charge in [0.25, 0.3) is 0 Å². The smallest absolute Gasteiger partial charge is 0.233 e. The second-order valence-corrected chi connectivity index (χ2v) is 6.41. The first kappa shape index (κ1) is 18.7. The van der Waals surface area contributed by atoms with Crippen molar-refractivity contribution >= 4 is 17.5 Å². The minimum Gasteiger partial charge on any atom is -0.356 e. The van der Waals surface area contributed by atoms with Gasteiger partial charge < -0.3 is 10.6 Å². The number of benzene rings is 2. The molecule has 0 saturated heterocycles. The number of carbonyl (C=O) groups excluding carboxylic acids is 2. The Kier molecular flexibility index (Phi) is 7.20. The number of nitrogens with one attached hydrogen (secondary N) is 2. The van der Waals surface area contributed by atoms with Gasteiger partial charge in [-0.3, -0.25) is 9.59 Å². The SMILES string of the molecule is CC(C)c1ccccc1NC(=O)CC(=O)NCCCc1ccccc1. The number of rotatable bonds is 8. The third-order valence-corrected chi connectivity index (χ3v) is 3.99. The molecule has 0 aliphatic rings. The van der Waals surface area contributed by atoms with Gasteiger partial charge in [-0.05, 0) is 36.0 Å². The summed E-state index contributed by atoms with van der Waals surface area (Å²) in [7, 11) is 0. The van der Waals surface area contributed by atoms with Gasteiger partial charge in [0, 0.05) is 12.2 Å². The number of hydrogen-bond acceptors (Lipinski definition) is 2. The second kappa shape index (κ2) is 9.62. The van der Waals surface area contributed by atoms with Crippen LogP contribution in [0.25, 0.3) is 0 Å². The summed E-state index contributed by atoms with van der Waals surface area (Å²) >= 11 is 0. The number of hydrogen-bond donors (Lipinski definition) is 2. The lowest BCUT2D eigenvalue weighted by Gasteiger charge is -2.13. The molecular formula is C21H26N2O2. The molecule has 132 valence electrons. The van der Waals surface area contributed by atoms with Crippen molar-refractivity contribution in [3.8, 4) is 0 Å². The average molecular weight is 338 g/mol. The molecule has 0 unspecified atom stereocenters. The second-order valence-electron chi connectivity index (χ2n) is 6.41. The summed E-state index contributed by atoms with van der Waals surface area (Å²) < 4.78 is 0. The Balaban J connectivity index is 1.72. The van der Waals surface area contributed by atoms with E-state index in [4.69, 9.17) is 0 Å². The first-order chi connectivity index (χ1) is 12.1. The van der Waals surface area contributed by atoms with Gasteiger partial charge in [0.05, 0.1) is 0 Å². The summed E-state index contributed by atoms with van der Waals surface area (Å²) in [6.07, 6.45) is 1.61. The van der Waals surface area contributed by atoms with Crippen LogP contribution in [-0.2, 0) is 16.0 Å². The summed E-state index contributed by atoms with van der Waals surface area (Å²) in [6.45, 7) is 4.72. The fourth-order valence-corrected chi connectivity index (χ4v) is 2.68. The highest BCUT2D eigenvalue weighted by atomic mass is 16.2. The van der Waals surface area contributed by atoms with Gasteiger partial charge in [-0.2, -0.15) is 0 Å². The Hall–Kier alpha value is -2.62. The molecule has 0 aliphatic carbocycles. The number of carbonyl (C=O) groups is 2. The van der Waals surface area contributed by atoms with Crippen LogP contribution < -0.4 is 10.6 Å². The number of aryl methyl sites for hydroxylation is 1. The monoisotopic (exact) mass is 338 g/mol. The molecule has 0 saturated carbocycles. The highest BCUT2D eigenvalue weighted by molar-refractivity contribution is 6.03. The van der Waals surface area contributed by atoms with Gasteiger partial charge in [-0.25, -0.2) is 0 Å². The predicted molar refractivity (Wildman–Crippen MR) is 102 cm³/mol. The van der Waals surface area contributed by atoms with Gasteiger partial charge in [-0.15, -0.1) is 0 Å². The molecule has 2 aromatic carbocycles. The molecule has 4 heteroatoms. The Morgan fingerprint density at radius 1 is 0.920 bits per heavy atom. The van der Waals surface area contributed by atoms with Crippen molar-refractivity contribution in [2.45, 2.75) is 39.0 Å². The average Bonchev–Trinajstić information content (AvgIpc) is 2.60. The van der Waals surface area contributed by atoms with Crippen molar-refractivity contribution in [3.05, 3.63) is 65.7 Å². The van der Waals surface area contributed by atoms with Crippen LogP contribution in [-0.4, -0.2) is 18.4 Å². The van der Waals surface area contributed by atoms with Crippen LogP contribution in [0.3, 0.4) is 0 Å². The van der Waals surface area contributed by atoms with Gasteiger partial charge in [0.2, 0.25) is 11.8 Å². The number of anilines is 1. The molecule has 25 heavy (non-hydrogen) atoms. The van der Waals surface area contributed by atoms with Crippen LogP contribution in [0.2, 0.25) is 0 Å². The lowest BCUT2D eigenvalue weighted by molar-refractivity contribution is -0.126. The molecule has 0 fully saturated rings. The minimum absolute atomic E-state index is 0.155. The first-order valence-electron chi connectivity index (χ1n) is 8.75. The van der Waals surface area contributed by atoms with E-state index in [0.717, 1.165) is 24.1 Å². The number of para-hydroxylation sites is 1. The zero-order valence-corrected chi connectivity index (χ0v) is 14.9. The Morgan fingerprint density at radius 3 is 2.32 bits per heavy atom. The molecule has 0 heterocycles. The fourth-order valence-electron chi connectivity index (χ4n) is 2.68. The zero-order valence-electron chi connectivity index (χ0n) is 14.9. The van der Waals surface area contributed by atoms with Gasteiger partial charge in [0.1, 0.15) is 6.42 Å². The van der Waals surface area contributed by atoms with E-state index in [1.54, 1.807) is 0 Å². The fraction of sp³-hybridized carbons (Fsp3) is 0.333. The van der Waals surface area contributed by atoms with Crippen LogP contribution in [0.1, 0.15) is 43.7 Å². The quantitative estimate of drug-likeness (QED) is 0.567. The van der Waals surface area contributed by atoms with Gasteiger partial charge >= 0.3 is 0 Å². The summed E-state index contributed by atoms with van der Waals surface area (Å²) in [5.41, 5.74) is 3.10. The van der Waals surface area contributed by atoms with Crippen LogP contribution >= 0.6 is 0 Å². The van der Waals surface area contributed by atoms with Crippen LogP contribution in [0.4, 0.5) is 5.69 Å². The number of amides is 2. The van der Waals surface area contributed by atoms with E-state index in [1.165, 1.54) is 5.56 Å². The molecule has 0 atom stereocenters. The molecule has 2 N–H and O–H groups in total. The largest absolute Gasteiger partial charge is 0.356 e. The first-order valence-corrected chi connectivity index (χ1v) is 8.75. The summed E-state index contributed by atoms with van der Waals surface area (Å²) in [5.74, 6) is -0.218. The summed E-state index contributed by atoms with van der Waals surface area (Å²) in [4.78, 5) is 24.0. The lowest BCUT2D eigenvalue weighted by atomic mass is 10.0. The maximum atomic E-state index is 12.1. The zero-order chi connectivity index (χ0) is 18.1. The van der Waals surface area contributed by atoms with E-state index in [-0.39, 0.29) is 18.2 Å². The van der Waals surface area contributed by atoms with Crippen molar-refractivity contribution in [2.24, 2.45) is 0 Å². The van der Waals surface area contributed by atoms with Crippen LogP contribution in [0, 0.1) is 0 Å². The van der Waals surface area contributed by atoms with Crippen molar-refractivity contribution in [2.75, 3.05) is 11.9 Å². The van der Waals surface area contributed by atoms with E-state index in [0.29, 0.717) is 12.5 Å². The topological polar surface area (TPSA) is 58.2 Å². The van der Waals surface area contributed by atoms with Gasteiger partial charge in [-0.1, -0.05) is 62.4 Å².